The van der Waals surface area contributed by atoms with Crippen molar-refractivity contribution in [2.24, 2.45) is 0 Å². The molecule has 0 unspecified atom stereocenters. The van der Waals surface area contributed by atoms with Crippen molar-refractivity contribution < 1.29 is 22.7 Å². The monoisotopic (exact) mass is 494 g/mol. The van der Waals surface area contributed by atoms with E-state index in [0.717, 1.165) is 12.1 Å². The maximum absolute atomic E-state index is 13.4. The van der Waals surface area contributed by atoms with Gasteiger partial charge in [-0.15, -0.1) is 0 Å². The zero-order valence-corrected chi connectivity index (χ0v) is 18.5. The number of anilines is 2. The topological polar surface area (TPSA) is 123 Å². The van der Waals surface area contributed by atoms with E-state index in [0.29, 0.717) is 28.3 Å². The van der Waals surface area contributed by atoms with Crippen molar-refractivity contribution in [3.63, 3.8) is 0 Å². The Bertz CT molecular complexity index is 1540. The Hall–Kier alpha value is -4.94. The summed E-state index contributed by atoms with van der Waals surface area (Å²) >= 11 is 0. The van der Waals surface area contributed by atoms with Crippen LogP contribution in [0.2, 0.25) is 0 Å². The first-order valence-electron chi connectivity index (χ1n) is 10.5. The maximum Gasteiger partial charge on any atom is 0.416 e. The van der Waals surface area contributed by atoms with Crippen LogP contribution in [0.5, 0.6) is 11.6 Å². The number of hydrogen-bond donors (Lipinski definition) is 3. The first-order valence-corrected chi connectivity index (χ1v) is 10.5. The van der Waals surface area contributed by atoms with Gasteiger partial charge in [0.15, 0.2) is 11.2 Å². The van der Waals surface area contributed by atoms with Crippen LogP contribution in [0.15, 0.2) is 67.6 Å². The average molecular weight is 494 g/mol. The number of halogens is 3. The molecule has 0 aliphatic heterocycles. The Morgan fingerprint density at radius 3 is 2.50 bits per heavy atom. The molecule has 0 saturated carbocycles. The van der Waals surface area contributed by atoms with E-state index in [1.807, 2.05) is 0 Å². The molecule has 0 radical (unpaired) electrons. The fraction of sp³-hybridized carbons (Fsp3) is 0.0870. The van der Waals surface area contributed by atoms with Crippen LogP contribution in [0.3, 0.4) is 0 Å². The van der Waals surface area contributed by atoms with Gasteiger partial charge in [0.05, 0.1) is 23.9 Å². The lowest BCUT2D eigenvalue weighted by Gasteiger charge is -2.14. The molecule has 0 bridgehead atoms. The Morgan fingerprint density at radius 2 is 1.78 bits per heavy atom. The number of carbonyl (C=O) groups is 1. The van der Waals surface area contributed by atoms with Crippen molar-refractivity contribution >= 4 is 28.6 Å². The van der Waals surface area contributed by atoms with Crippen LogP contribution in [0.25, 0.3) is 16.9 Å². The average Bonchev–Trinajstić information content (AvgIpc) is 3.49. The van der Waals surface area contributed by atoms with E-state index in [-0.39, 0.29) is 17.3 Å². The van der Waals surface area contributed by atoms with Crippen molar-refractivity contribution in [1.29, 1.82) is 0 Å². The summed E-state index contributed by atoms with van der Waals surface area (Å²) in [5.74, 6) is 0.690. The third-order valence-electron chi connectivity index (χ3n) is 5.02. The number of aromatic nitrogens is 6. The third-order valence-corrected chi connectivity index (χ3v) is 5.02. The number of nitrogens with zero attached hydrogens (tertiary/aromatic N) is 5. The van der Waals surface area contributed by atoms with Crippen molar-refractivity contribution in [3.05, 3.63) is 78.9 Å². The summed E-state index contributed by atoms with van der Waals surface area (Å²) in [4.78, 5) is 31.6. The van der Waals surface area contributed by atoms with E-state index < -0.39 is 17.8 Å². The molecule has 2 aromatic carbocycles. The predicted octanol–water partition coefficient (Wildman–Crippen LogP) is 5.30. The SMILES string of the molecule is Cc1cn(-c2cc(NC(=O)Nc3ccc(Oc4ncnc5[nH]cnc45)cc3)cc(C(F)(F)F)c2)cn1. The number of hydrogen-bond acceptors (Lipinski definition) is 6. The molecule has 182 valence electrons. The molecule has 0 aliphatic rings. The molecule has 0 atom stereocenters. The number of ether oxygens (including phenoxy) is 1. The molecule has 0 saturated heterocycles. The summed E-state index contributed by atoms with van der Waals surface area (Å²) in [6.45, 7) is 1.72. The second-order valence-corrected chi connectivity index (χ2v) is 7.67. The fourth-order valence-electron chi connectivity index (χ4n) is 3.39. The predicted molar refractivity (Wildman–Crippen MR) is 124 cm³/mol. The van der Waals surface area contributed by atoms with Gasteiger partial charge in [0, 0.05) is 23.3 Å². The van der Waals surface area contributed by atoms with Crippen LogP contribution in [-0.4, -0.2) is 35.5 Å². The molecular formula is C23H17F3N8O2. The maximum atomic E-state index is 13.4. The van der Waals surface area contributed by atoms with Gasteiger partial charge in [-0.2, -0.15) is 18.2 Å². The molecule has 0 aliphatic carbocycles. The van der Waals surface area contributed by atoms with Crippen molar-refractivity contribution in [3.8, 4) is 17.3 Å². The first-order chi connectivity index (χ1) is 17.2. The van der Waals surface area contributed by atoms with Gasteiger partial charge in [0.1, 0.15) is 12.1 Å². The fourth-order valence-corrected chi connectivity index (χ4v) is 3.39. The summed E-state index contributed by atoms with van der Waals surface area (Å²) in [5.41, 5.74) is 1.29. The molecule has 3 heterocycles. The van der Waals surface area contributed by atoms with E-state index in [9.17, 15) is 18.0 Å². The van der Waals surface area contributed by atoms with Crippen LogP contribution in [0.4, 0.5) is 29.3 Å². The molecule has 0 spiro atoms. The van der Waals surface area contributed by atoms with Gasteiger partial charge in [-0.1, -0.05) is 0 Å². The van der Waals surface area contributed by atoms with E-state index >= 15 is 0 Å². The minimum atomic E-state index is -4.60. The zero-order valence-electron chi connectivity index (χ0n) is 18.5. The van der Waals surface area contributed by atoms with Gasteiger partial charge in [0.25, 0.3) is 5.88 Å². The summed E-state index contributed by atoms with van der Waals surface area (Å²) in [7, 11) is 0. The standard InChI is InChI=1S/C23H17F3N8O2/c1-13-9-34(12-31-13)17-7-14(23(24,25)26)6-16(8-17)33-22(35)32-15-2-4-18(5-3-15)36-21-19-20(28-10-27-19)29-11-30-21/h2-12H,1H3,(H2,32,33,35)(H,27,28,29,30). The minimum Gasteiger partial charge on any atom is -0.437 e. The molecule has 2 amide bonds. The quantitative estimate of drug-likeness (QED) is 0.305. The largest absolute Gasteiger partial charge is 0.437 e. The first kappa shape index (κ1) is 22.8. The molecule has 36 heavy (non-hydrogen) atoms. The second kappa shape index (κ2) is 9.02. The minimum absolute atomic E-state index is 0.0320. The van der Waals surface area contributed by atoms with Gasteiger partial charge < -0.3 is 24.9 Å². The van der Waals surface area contributed by atoms with Crippen LogP contribution in [0, 0.1) is 6.92 Å². The number of urea groups is 1. The summed E-state index contributed by atoms with van der Waals surface area (Å²) < 4.78 is 47.5. The van der Waals surface area contributed by atoms with Gasteiger partial charge in [-0.05, 0) is 49.4 Å². The Balaban J connectivity index is 1.29. The lowest BCUT2D eigenvalue weighted by Crippen LogP contribution is -2.20. The highest BCUT2D eigenvalue weighted by molar-refractivity contribution is 6.00. The molecule has 10 nitrogen and oxygen atoms in total. The van der Waals surface area contributed by atoms with Crippen molar-refractivity contribution in [2.45, 2.75) is 13.1 Å². The van der Waals surface area contributed by atoms with Gasteiger partial charge in [-0.3, -0.25) is 0 Å². The van der Waals surface area contributed by atoms with Gasteiger partial charge >= 0.3 is 12.2 Å². The van der Waals surface area contributed by atoms with E-state index in [4.69, 9.17) is 4.74 Å². The number of fused-ring (bicyclic) bond motifs is 1. The molecule has 3 aromatic heterocycles. The van der Waals surface area contributed by atoms with E-state index in [1.165, 1.54) is 29.6 Å². The van der Waals surface area contributed by atoms with E-state index in [2.05, 4.69) is 35.6 Å². The number of imidazole rings is 2. The molecule has 5 rings (SSSR count). The highest BCUT2D eigenvalue weighted by Crippen LogP contribution is 2.33. The van der Waals surface area contributed by atoms with Crippen molar-refractivity contribution in [1.82, 2.24) is 29.5 Å². The Morgan fingerprint density at radius 1 is 1.00 bits per heavy atom. The highest BCUT2D eigenvalue weighted by atomic mass is 19.4. The number of H-pyrrole nitrogens is 1. The van der Waals surface area contributed by atoms with Crippen LogP contribution < -0.4 is 15.4 Å². The van der Waals surface area contributed by atoms with Gasteiger partial charge in [0.2, 0.25) is 0 Å². The second-order valence-electron chi connectivity index (χ2n) is 7.67. The number of carbonyl (C=O) groups excluding carboxylic acids is 1. The smallest absolute Gasteiger partial charge is 0.416 e. The number of alkyl halides is 3. The molecule has 3 N–H and O–H groups in total. The summed E-state index contributed by atoms with van der Waals surface area (Å²) in [6, 6.07) is 8.89. The van der Waals surface area contributed by atoms with Gasteiger partial charge in [-0.25, -0.2) is 19.7 Å². The number of nitrogens with one attached hydrogen (secondary N) is 3. The summed E-state index contributed by atoms with van der Waals surface area (Å²) in [6.07, 6.45) is 1.20. The number of aromatic amines is 1. The Labute approximate surface area is 201 Å². The normalized spacial score (nSPS) is 11.4. The molecule has 5 aromatic rings. The number of amides is 2. The lowest BCUT2D eigenvalue weighted by molar-refractivity contribution is -0.137. The third kappa shape index (κ3) is 4.94. The molecule has 0 fully saturated rings. The van der Waals surface area contributed by atoms with Crippen LogP contribution in [0.1, 0.15) is 11.3 Å². The van der Waals surface area contributed by atoms with Crippen LogP contribution >= 0.6 is 0 Å². The van der Waals surface area contributed by atoms with Crippen molar-refractivity contribution in [2.75, 3.05) is 10.6 Å². The molecular weight excluding hydrogens is 477 g/mol. The number of aryl methyl sites for hydroxylation is 1. The number of benzene rings is 2. The Kier molecular flexibility index (Phi) is 5.72. The zero-order chi connectivity index (χ0) is 25.3. The number of rotatable bonds is 5. The summed E-state index contributed by atoms with van der Waals surface area (Å²) in [5, 5.41) is 5.03. The molecule has 13 heteroatoms. The van der Waals surface area contributed by atoms with Crippen LogP contribution in [-0.2, 0) is 6.18 Å². The highest BCUT2D eigenvalue weighted by Gasteiger charge is 2.31. The lowest BCUT2D eigenvalue weighted by atomic mass is 10.1. The van der Waals surface area contributed by atoms with E-state index in [1.54, 1.807) is 37.4 Å².